The summed E-state index contributed by atoms with van der Waals surface area (Å²) in [7, 11) is 0. The molecule has 2 heterocycles. The van der Waals surface area contributed by atoms with Crippen molar-refractivity contribution in [3.05, 3.63) is 11.6 Å². The smallest absolute Gasteiger partial charge is 0.325 e. The van der Waals surface area contributed by atoms with Crippen molar-refractivity contribution in [2.75, 3.05) is 26.2 Å². The van der Waals surface area contributed by atoms with Crippen molar-refractivity contribution in [3.63, 3.8) is 0 Å². The zero-order chi connectivity index (χ0) is 17.0. The molecular weight excluding hydrogens is 298 g/mol. The Labute approximate surface area is 136 Å². The van der Waals surface area contributed by atoms with Gasteiger partial charge in [0.25, 0.3) is 0 Å². The quantitative estimate of drug-likeness (QED) is 0.759. The van der Waals surface area contributed by atoms with E-state index in [1.165, 1.54) is 0 Å². The molecule has 8 nitrogen and oxygen atoms in total. The maximum atomic E-state index is 11.9. The molecule has 0 spiro atoms. The summed E-state index contributed by atoms with van der Waals surface area (Å²) in [5, 5.41) is 9.62. The van der Waals surface area contributed by atoms with E-state index < -0.39 is 11.6 Å². The molecule has 2 N–H and O–H groups in total. The highest BCUT2D eigenvalue weighted by Crippen LogP contribution is 2.23. The van der Waals surface area contributed by atoms with E-state index in [0.717, 1.165) is 31.2 Å². The predicted molar refractivity (Wildman–Crippen MR) is 83.8 cm³/mol. The largest absolute Gasteiger partial charge is 0.459 e. The lowest BCUT2D eigenvalue weighted by atomic mass is 10.1. The normalized spacial score (nSPS) is 18.9. The van der Waals surface area contributed by atoms with E-state index in [1.807, 2.05) is 11.8 Å². The van der Waals surface area contributed by atoms with Crippen LogP contribution in [0.2, 0.25) is 0 Å². The molecule has 1 aromatic rings. The van der Waals surface area contributed by atoms with Gasteiger partial charge in [0.05, 0.1) is 6.54 Å². The fraction of sp³-hybridized carbons (Fsp3) is 0.733. The summed E-state index contributed by atoms with van der Waals surface area (Å²) in [5.41, 5.74) is -0.543. The van der Waals surface area contributed by atoms with Gasteiger partial charge in [0, 0.05) is 12.5 Å². The number of ether oxygens (including phenoxy) is 1. The van der Waals surface area contributed by atoms with Crippen LogP contribution in [-0.4, -0.2) is 63.7 Å². The van der Waals surface area contributed by atoms with Gasteiger partial charge < -0.3 is 10.1 Å². The molecule has 1 unspecified atom stereocenters. The number of aryl methyl sites for hydroxylation is 1. The number of aromatic amines is 1. The number of esters is 1. The van der Waals surface area contributed by atoms with E-state index in [2.05, 4.69) is 20.5 Å². The summed E-state index contributed by atoms with van der Waals surface area (Å²) in [6.45, 7) is 8.98. The monoisotopic (exact) mass is 323 g/mol. The lowest BCUT2D eigenvalue weighted by Crippen LogP contribution is -2.40. The Morgan fingerprint density at radius 3 is 2.78 bits per heavy atom. The summed E-state index contributed by atoms with van der Waals surface area (Å²) in [6.07, 6.45) is 0.927. The summed E-state index contributed by atoms with van der Waals surface area (Å²) in [6, 6.07) is 0. The Bertz CT molecular complexity index is 564. The minimum atomic E-state index is -0.543. The second-order valence-electron chi connectivity index (χ2n) is 6.86. The number of carbonyl (C=O) groups excluding carboxylic acids is 2. The van der Waals surface area contributed by atoms with Crippen molar-refractivity contribution in [1.82, 2.24) is 25.4 Å². The first kappa shape index (κ1) is 17.4. The maximum absolute atomic E-state index is 11.9. The van der Waals surface area contributed by atoms with Crippen LogP contribution in [0.15, 0.2) is 0 Å². The SMILES string of the molecule is Cc1nc(C2CCN(CC(=O)NCC(=O)OC(C)(C)C)C2)n[nH]1. The van der Waals surface area contributed by atoms with Gasteiger partial charge in [0.1, 0.15) is 18.0 Å². The van der Waals surface area contributed by atoms with E-state index in [1.54, 1.807) is 20.8 Å². The van der Waals surface area contributed by atoms with Gasteiger partial charge in [-0.05, 0) is 40.7 Å². The van der Waals surface area contributed by atoms with Crippen LogP contribution in [0, 0.1) is 6.92 Å². The van der Waals surface area contributed by atoms with Crippen molar-refractivity contribution in [2.24, 2.45) is 0 Å². The van der Waals surface area contributed by atoms with Crippen LogP contribution >= 0.6 is 0 Å². The van der Waals surface area contributed by atoms with Crippen molar-refractivity contribution in [1.29, 1.82) is 0 Å². The van der Waals surface area contributed by atoms with Crippen LogP contribution in [0.25, 0.3) is 0 Å². The molecular formula is C15H25N5O3. The second kappa shape index (κ2) is 7.08. The Morgan fingerprint density at radius 1 is 1.43 bits per heavy atom. The number of hydrogen-bond donors (Lipinski definition) is 2. The molecule has 1 amide bonds. The number of likely N-dealkylation sites (tertiary alicyclic amines) is 1. The number of hydrogen-bond acceptors (Lipinski definition) is 6. The van der Waals surface area contributed by atoms with Crippen LogP contribution in [0.4, 0.5) is 0 Å². The molecule has 128 valence electrons. The van der Waals surface area contributed by atoms with Gasteiger partial charge in [-0.25, -0.2) is 4.98 Å². The summed E-state index contributed by atoms with van der Waals surface area (Å²) >= 11 is 0. The molecule has 1 atom stereocenters. The minimum Gasteiger partial charge on any atom is -0.459 e. The van der Waals surface area contributed by atoms with Crippen molar-refractivity contribution in [2.45, 2.75) is 45.6 Å². The van der Waals surface area contributed by atoms with Crippen LogP contribution in [0.3, 0.4) is 0 Å². The molecule has 0 saturated carbocycles. The molecule has 23 heavy (non-hydrogen) atoms. The zero-order valence-electron chi connectivity index (χ0n) is 14.2. The van der Waals surface area contributed by atoms with Gasteiger partial charge in [-0.15, -0.1) is 0 Å². The Kier molecular flexibility index (Phi) is 5.35. The highest BCUT2D eigenvalue weighted by atomic mass is 16.6. The van der Waals surface area contributed by atoms with Crippen LogP contribution in [0.5, 0.6) is 0 Å². The average molecular weight is 323 g/mol. The molecule has 0 aliphatic carbocycles. The van der Waals surface area contributed by atoms with E-state index in [-0.39, 0.29) is 24.9 Å². The van der Waals surface area contributed by atoms with Gasteiger partial charge in [-0.2, -0.15) is 5.10 Å². The lowest BCUT2D eigenvalue weighted by Gasteiger charge is -2.20. The Morgan fingerprint density at radius 2 is 2.17 bits per heavy atom. The maximum Gasteiger partial charge on any atom is 0.325 e. The standard InChI is InChI=1S/C15H25N5O3/c1-10-17-14(19-18-10)11-5-6-20(8-11)9-12(21)16-7-13(22)23-15(2,3)4/h11H,5-9H2,1-4H3,(H,16,21)(H,17,18,19). The molecule has 1 fully saturated rings. The number of rotatable bonds is 5. The number of aromatic nitrogens is 3. The first-order chi connectivity index (χ1) is 10.7. The van der Waals surface area contributed by atoms with Crippen LogP contribution < -0.4 is 5.32 Å². The van der Waals surface area contributed by atoms with Gasteiger partial charge in [0.15, 0.2) is 5.82 Å². The third-order valence-electron chi connectivity index (χ3n) is 3.47. The first-order valence-corrected chi connectivity index (χ1v) is 7.83. The minimum absolute atomic E-state index is 0.104. The third kappa shape index (κ3) is 5.63. The molecule has 1 aliphatic heterocycles. The summed E-state index contributed by atoms with van der Waals surface area (Å²) in [5.74, 6) is 1.25. The van der Waals surface area contributed by atoms with Gasteiger partial charge in [-0.1, -0.05) is 0 Å². The van der Waals surface area contributed by atoms with Crippen LogP contribution in [-0.2, 0) is 14.3 Å². The topological polar surface area (TPSA) is 100 Å². The molecule has 1 saturated heterocycles. The molecule has 8 heteroatoms. The van der Waals surface area contributed by atoms with E-state index in [4.69, 9.17) is 4.74 Å². The molecule has 0 aromatic carbocycles. The number of nitrogens with one attached hydrogen (secondary N) is 2. The molecule has 2 rings (SSSR count). The van der Waals surface area contributed by atoms with Crippen molar-refractivity contribution in [3.8, 4) is 0 Å². The number of nitrogens with zero attached hydrogens (tertiary/aromatic N) is 3. The lowest BCUT2D eigenvalue weighted by molar-refractivity contribution is -0.154. The molecule has 0 bridgehead atoms. The van der Waals surface area contributed by atoms with Gasteiger partial charge in [-0.3, -0.25) is 19.6 Å². The van der Waals surface area contributed by atoms with Crippen LogP contribution in [0.1, 0.15) is 44.8 Å². The summed E-state index contributed by atoms with van der Waals surface area (Å²) < 4.78 is 5.15. The predicted octanol–water partition coefficient (Wildman–Crippen LogP) is 0.360. The number of amides is 1. The van der Waals surface area contributed by atoms with E-state index >= 15 is 0 Å². The highest BCUT2D eigenvalue weighted by molar-refractivity contribution is 5.83. The molecule has 1 aliphatic rings. The fourth-order valence-electron chi connectivity index (χ4n) is 2.54. The molecule has 1 aromatic heterocycles. The number of carbonyl (C=O) groups is 2. The first-order valence-electron chi connectivity index (χ1n) is 7.83. The second-order valence-corrected chi connectivity index (χ2v) is 6.86. The molecule has 0 radical (unpaired) electrons. The highest BCUT2D eigenvalue weighted by Gasteiger charge is 2.28. The zero-order valence-corrected chi connectivity index (χ0v) is 14.2. The number of H-pyrrole nitrogens is 1. The van der Waals surface area contributed by atoms with E-state index in [9.17, 15) is 9.59 Å². The third-order valence-corrected chi connectivity index (χ3v) is 3.47. The van der Waals surface area contributed by atoms with Gasteiger partial charge >= 0.3 is 5.97 Å². The average Bonchev–Trinajstić information content (AvgIpc) is 3.03. The Hall–Kier alpha value is -1.96. The van der Waals surface area contributed by atoms with E-state index in [0.29, 0.717) is 0 Å². The summed E-state index contributed by atoms with van der Waals surface area (Å²) in [4.78, 5) is 29.9. The fourth-order valence-corrected chi connectivity index (χ4v) is 2.54. The Balaban J connectivity index is 1.71. The van der Waals surface area contributed by atoms with Crippen molar-refractivity contribution < 1.29 is 14.3 Å². The van der Waals surface area contributed by atoms with Gasteiger partial charge in [0.2, 0.25) is 5.91 Å². The van der Waals surface area contributed by atoms with Crippen molar-refractivity contribution >= 4 is 11.9 Å².